The molecule has 3 rings (SSSR count). The number of para-hydroxylation sites is 1. The number of aryl methyl sites for hydroxylation is 1. The Bertz CT molecular complexity index is 612. The highest BCUT2D eigenvalue weighted by Gasteiger charge is 2.37. The molecule has 1 aromatic rings. The minimum Gasteiger partial charge on any atom is -0.493 e. The fourth-order valence-corrected chi connectivity index (χ4v) is 5.69. The van der Waals surface area contributed by atoms with Crippen molar-refractivity contribution in [3.05, 3.63) is 29.3 Å². The molecule has 21 heavy (non-hydrogen) atoms. The lowest BCUT2D eigenvalue weighted by Gasteiger charge is -2.32. The third kappa shape index (κ3) is 2.81. The molecule has 0 bridgehead atoms. The van der Waals surface area contributed by atoms with E-state index in [1.54, 1.807) is 0 Å². The zero-order valence-corrected chi connectivity index (χ0v) is 13.3. The van der Waals surface area contributed by atoms with Crippen LogP contribution in [0.2, 0.25) is 0 Å². The van der Waals surface area contributed by atoms with Crippen LogP contribution in [0.15, 0.2) is 18.2 Å². The molecule has 0 spiro atoms. The maximum Gasteiger partial charge on any atom is 0.155 e. The normalized spacial score (nSPS) is 25.7. The van der Waals surface area contributed by atoms with Crippen molar-refractivity contribution in [1.29, 1.82) is 0 Å². The summed E-state index contributed by atoms with van der Waals surface area (Å²) in [6.45, 7) is 0.720. The third-order valence-electron chi connectivity index (χ3n) is 4.61. The molecule has 0 radical (unpaired) electrons. The van der Waals surface area contributed by atoms with Gasteiger partial charge in [0.05, 0.1) is 23.7 Å². The summed E-state index contributed by atoms with van der Waals surface area (Å²) in [7, 11) is -1.18. The smallest absolute Gasteiger partial charge is 0.155 e. The topological polar surface area (TPSA) is 55.4 Å². The number of fused-ring (bicyclic) bond motifs is 1. The summed E-state index contributed by atoms with van der Waals surface area (Å²) in [6.07, 6.45) is 4.55. The summed E-state index contributed by atoms with van der Waals surface area (Å²) in [5.41, 5.74) is 2.21. The maximum atomic E-state index is 12.4. The first-order valence-electron chi connectivity index (χ1n) is 7.77. The Balaban J connectivity index is 2.00. The second-order valence-electron chi connectivity index (χ2n) is 5.96. The van der Waals surface area contributed by atoms with Gasteiger partial charge in [-0.25, -0.2) is 8.42 Å². The minimum atomic E-state index is -3.03. The second-order valence-corrected chi connectivity index (χ2v) is 8.29. The first kappa shape index (κ1) is 14.9. The van der Waals surface area contributed by atoms with Crippen molar-refractivity contribution in [2.45, 2.75) is 43.4 Å². The van der Waals surface area contributed by atoms with E-state index < -0.39 is 9.84 Å². The van der Waals surface area contributed by atoms with Crippen LogP contribution in [-0.2, 0) is 16.3 Å². The van der Waals surface area contributed by atoms with Crippen molar-refractivity contribution < 1.29 is 13.2 Å². The SMILES string of the molecule is CNC(c1cccc2c1OCCC2)C1CCCCS1(=O)=O. The quantitative estimate of drug-likeness (QED) is 0.930. The zero-order valence-electron chi connectivity index (χ0n) is 12.5. The van der Waals surface area contributed by atoms with Gasteiger partial charge in [-0.3, -0.25) is 0 Å². The summed E-state index contributed by atoms with van der Waals surface area (Å²) in [5, 5.41) is 2.90. The molecule has 2 unspecified atom stereocenters. The van der Waals surface area contributed by atoms with Crippen LogP contribution in [0.25, 0.3) is 0 Å². The summed E-state index contributed by atoms with van der Waals surface area (Å²) in [4.78, 5) is 0. The van der Waals surface area contributed by atoms with Gasteiger partial charge < -0.3 is 10.1 Å². The molecular formula is C16H23NO3S. The van der Waals surface area contributed by atoms with Crippen molar-refractivity contribution in [3.8, 4) is 5.75 Å². The summed E-state index contributed by atoms with van der Waals surface area (Å²) < 4.78 is 30.7. The van der Waals surface area contributed by atoms with E-state index in [1.807, 2.05) is 19.2 Å². The van der Waals surface area contributed by atoms with E-state index in [2.05, 4.69) is 11.4 Å². The van der Waals surface area contributed by atoms with Crippen LogP contribution >= 0.6 is 0 Å². The number of rotatable bonds is 3. The van der Waals surface area contributed by atoms with Gasteiger partial charge in [-0.1, -0.05) is 24.6 Å². The van der Waals surface area contributed by atoms with E-state index in [0.29, 0.717) is 5.75 Å². The molecule has 0 aromatic heterocycles. The number of hydrogen-bond donors (Lipinski definition) is 1. The molecule has 2 heterocycles. The average molecular weight is 309 g/mol. The number of ether oxygens (including phenoxy) is 1. The van der Waals surface area contributed by atoms with E-state index in [0.717, 1.165) is 50.0 Å². The van der Waals surface area contributed by atoms with E-state index >= 15 is 0 Å². The van der Waals surface area contributed by atoms with Crippen molar-refractivity contribution in [2.24, 2.45) is 0 Å². The van der Waals surface area contributed by atoms with Crippen LogP contribution < -0.4 is 10.1 Å². The average Bonchev–Trinajstić information content (AvgIpc) is 2.49. The van der Waals surface area contributed by atoms with Gasteiger partial charge in [0.2, 0.25) is 0 Å². The fraction of sp³-hybridized carbons (Fsp3) is 0.625. The highest BCUT2D eigenvalue weighted by atomic mass is 32.2. The highest BCUT2D eigenvalue weighted by Crippen LogP contribution is 2.38. The molecule has 0 aliphatic carbocycles. The van der Waals surface area contributed by atoms with E-state index in [-0.39, 0.29) is 11.3 Å². The van der Waals surface area contributed by atoms with Crippen molar-refractivity contribution in [3.63, 3.8) is 0 Å². The zero-order chi connectivity index (χ0) is 14.9. The van der Waals surface area contributed by atoms with Crippen LogP contribution in [-0.4, -0.2) is 33.1 Å². The van der Waals surface area contributed by atoms with Gasteiger partial charge in [-0.15, -0.1) is 0 Å². The van der Waals surface area contributed by atoms with Gasteiger partial charge in [0.1, 0.15) is 5.75 Å². The molecule has 5 heteroatoms. The molecule has 116 valence electrons. The lowest BCUT2D eigenvalue weighted by atomic mass is 9.94. The molecule has 0 amide bonds. The first-order chi connectivity index (χ1) is 10.1. The monoisotopic (exact) mass is 309 g/mol. The number of benzene rings is 1. The molecule has 2 atom stereocenters. The Labute approximate surface area is 126 Å². The van der Waals surface area contributed by atoms with Crippen LogP contribution in [0.3, 0.4) is 0 Å². The highest BCUT2D eigenvalue weighted by molar-refractivity contribution is 7.92. The van der Waals surface area contributed by atoms with Gasteiger partial charge in [-0.2, -0.15) is 0 Å². The Morgan fingerprint density at radius 2 is 2.14 bits per heavy atom. The number of sulfone groups is 1. The Morgan fingerprint density at radius 1 is 1.29 bits per heavy atom. The molecule has 1 N–H and O–H groups in total. The molecule has 1 saturated heterocycles. The number of nitrogens with one attached hydrogen (secondary N) is 1. The predicted molar refractivity (Wildman–Crippen MR) is 83.5 cm³/mol. The van der Waals surface area contributed by atoms with Crippen molar-refractivity contribution >= 4 is 9.84 Å². The fourth-order valence-electron chi connectivity index (χ4n) is 3.55. The summed E-state index contributed by atoms with van der Waals surface area (Å²) in [5.74, 6) is 1.22. The molecule has 2 aliphatic rings. The summed E-state index contributed by atoms with van der Waals surface area (Å²) in [6, 6.07) is 5.93. The molecule has 1 aromatic carbocycles. The molecule has 4 nitrogen and oxygen atoms in total. The number of hydrogen-bond acceptors (Lipinski definition) is 4. The van der Waals surface area contributed by atoms with Crippen LogP contribution in [0.5, 0.6) is 5.75 Å². The van der Waals surface area contributed by atoms with Crippen LogP contribution in [0.4, 0.5) is 0 Å². The maximum absolute atomic E-state index is 12.4. The lowest BCUT2D eigenvalue weighted by molar-refractivity contribution is 0.281. The Kier molecular flexibility index (Phi) is 4.22. The van der Waals surface area contributed by atoms with Crippen LogP contribution in [0.1, 0.15) is 42.9 Å². The second kappa shape index (κ2) is 5.97. The molecule has 1 fully saturated rings. The molecule has 2 aliphatic heterocycles. The van der Waals surface area contributed by atoms with Gasteiger partial charge in [-0.05, 0) is 38.3 Å². The van der Waals surface area contributed by atoms with Gasteiger partial charge in [0.15, 0.2) is 9.84 Å². The van der Waals surface area contributed by atoms with Gasteiger partial charge >= 0.3 is 0 Å². The summed E-state index contributed by atoms with van der Waals surface area (Å²) >= 11 is 0. The van der Waals surface area contributed by atoms with Crippen molar-refractivity contribution in [1.82, 2.24) is 5.32 Å². The Hall–Kier alpha value is -1.07. The standard InChI is InChI=1S/C16H23NO3S/c1-17-15(14-9-2-3-11-21(14,18)19)13-8-4-6-12-7-5-10-20-16(12)13/h4,6,8,14-15,17H,2-3,5,7,9-11H2,1H3. The van der Waals surface area contributed by atoms with Gasteiger partial charge in [0, 0.05) is 5.56 Å². The van der Waals surface area contributed by atoms with E-state index in [1.165, 1.54) is 5.56 Å². The Morgan fingerprint density at radius 3 is 2.90 bits per heavy atom. The van der Waals surface area contributed by atoms with E-state index in [9.17, 15) is 8.42 Å². The largest absolute Gasteiger partial charge is 0.493 e. The van der Waals surface area contributed by atoms with Crippen molar-refractivity contribution in [2.75, 3.05) is 19.4 Å². The van der Waals surface area contributed by atoms with Crippen LogP contribution in [0, 0.1) is 0 Å². The minimum absolute atomic E-state index is 0.177. The molecular weight excluding hydrogens is 286 g/mol. The molecule has 0 saturated carbocycles. The first-order valence-corrected chi connectivity index (χ1v) is 9.48. The third-order valence-corrected chi connectivity index (χ3v) is 6.90. The van der Waals surface area contributed by atoms with E-state index in [4.69, 9.17) is 4.74 Å². The van der Waals surface area contributed by atoms with Gasteiger partial charge in [0.25, 0.3) is 0 Å². The predicted octanol–water partition coefficient (Wildman–Crippen LogP) is 2.24. The lowest BCUT2D eigenvalue weighted by Crippen LogP contribution is -2.39.